The zero-order chi connectivity index (χ0) is 27.6. The lowest BCUT2D eigenvalue weighted by Gasteiger charge is -2.27. The monoisotopic (exact) mass is 552 g/mol. The van der Waals surface area contributed by atoms with Gasteiger partial charge in [-0.05, 0) is 36.8 Å². The van der Waals surface area contributed by atoms with Crippen molar-refractivity contribution in [1.82, 2.24) is 25.1 Å². The molecule has 1 aromatic carbocycles. The number of benzene rings is 1. The fourth-order valence-corrected chi connectivity index (χ4v) is 5.33. The average molecular weight is 553 g/mol. The molecule has 0 bridgehead atoms. The lowest BCUT2D eigenvalue weighted by atomic mass is 10.0. The molecule has 4 aromatic rings. The molecular weight excluding hydrogens is 529 g/mol. The fourth-order valence-electron chi connectivity index (χ4n) is 4.20. The molecule has 1 aliphatic heterocycles. The van der Waals surface area contributed by atoms with Crippen LogP contribution in [-0.2, 0) is 23.5 Å². The summed E-state index contributed by atoms with van der Waals surface area (Å²) in [7, 11) is -0.919. The van der Waals surface area contributed by atoms with E-state index in [9.17, 15) is 22.2 Å². The van der Waals surface area contributed by atoms with Crippen LogP contribution in [0.1, 0.15) is 38.3 Å². The van der Waals surface area contributed by atoms with Crippen LogP contribution in [0.25, 0.3) is 11.0 Å². The van der Waals surface area contributed by atoms with E-state index >= 15 is 0 Å². The third-order valence-electron chi connectivity index (χ3n) is 6.29. The lowest BCUT2D eigenvalue weighted by molar-refractivity contribution is -0.138. The van der Waals surface area contributed by atoms with Gasteiger partial charge in [-0.3, -0.25) is 24.0 Å². The number of halogens is 3. The van der Waals surface area contributed by atoms with Crippen LogP contribution >= 0.6 is 0 Å². The molecular formula is C27H23F3N6O2S. The number of alkyl halides is 3. The first-order chi connectivity index (χ1) is 18.7. The molecule has 1 saturated heterocycles. The van der Waals surface area contributed by atoms with Gasteiger partial charge in [0.2, 0.25) is 0 Å². The maximum Gasteiger partial charge on any atom is 0.416 e. The highest BCUT2D eigenvalue weighted by Gasteiger charge is 2.34. The second-order valence-electron chi connectivity index (χ2n) is 9.10. The smallest absolute Gasteiger partial charge is 0.322 e. The molecule has 200 valence electrons. The van der Waals surface area contributed by atoms with Gasteiger partial charge in [0.05, 0.1) is 11.1 Å². The zero-order valence-electron chi connectivity index (χ0n) is 20.8. The number of aryl methyl sites for hydroxylation is 1. The van der Waals surface area contributed by atoms with Crippen LogP contribution in [0.15, 0.2) is 48.9 Å². The van der Waals surface area contributed by atoms with Crippen molar-refractivity contribution in [2.45, 2.75) is 19.6 Å². The van der Waals surface area contributed by atoms with E-state index in [4.69, 9.17) is 0 Å². The van der Waals surface area contributed by atoms with Crippen molar-refractivity contribution in [2.24, 2.45) is 0 Å². The van der Waals surface area contributed by atoms with E-state index in [2.05, 4.69) is 37.3 Å². The van der Waals surface area contributed by atoms with Gasteiger partial charge in [0, 0.05) is 88.4 Å². The zero-order valence-corrected chi connectivity index (χ0v) is 21.6. The summed E-state index contributed by atoms with van der Waals surface area (Å²) < 4.78 is 53.1. The molecule has 0 atom stereocenters. The van der Waals surface area contributed by atoms with E-state index in [1.807, 2.05) is 17.9 Å². The van der Waals surface area contributed by atoms with Gasteiger partial charge in [0.15, 0.2) is 5.65 Å². The molecule has 1 amide bonds. The largest absolute Gasteiger partial charge is 0.416 e. The summed E-state index contributed by atoms with van der Waals surface area (Å²) >= 11 is 0. The SMILES string of the molecule is Cc1[nH]nc2ncc(C#Cc3cncc(C(=O)Nc4ccc(CN5CCS(=O)CC5)c(C(F)(F)F)c4)c3)cc12. The van der Waals surface area contributed by atoms with Crippen molar-refractivity contribution in [3.05, 3.63) is 82.4 Å². The molecule has 4 heterocycles. The number of hydrogen-bond acceptors (Lipinski definition) is 6. The summed E-state index contributed by atoms with van der Waals surface area (Å²) in [4.78, 5) is 23.0. The predicted molar refractivity (Wildman–Crippen MR) is 141 cm³/mol. The first-order valence-electron chi connectivity index (χ1n) is 12.0. The Morgan fingerprint density at radius 2 is 1.85 bits per heavy atom. The summed E-state index contributed by atoms with van der Waals surface area (Å²) in [6.45, 7) is 2.92. The minimum atomic E-state index is -4.60. The standard InChI is InChI=1S/C27H23F3N6O2S/c1-17-23-11-19(14-32-25(23)35-34-17)3-2-18-10-21(15-31-13-18)26(37)33-22-5-4-20(24(12-22)27(28,29)30)16-36-6-8-39(38)9-7-36/h4-5,10-15H,6-9,16H2,1H3,(H,33,37)(H,32,34,35). The van der Waals surface area contributed by atoms with Gasteiger partial charge in [0.1, 0.15) is 0 Å². The minimum absolute atomic E-state index is 0.0159. The Morgan fingerprint density at radius 3 is 2.59 bits per heavy atom. The molecule has 5 rings (SSSR count). The van der Waals surface area contributed by atoms with E-state index in [1.165, 1.54) is 30.6 Å². The number of pyridine rings is 2. The molecule has 39 heavy (non-hydrogen) atoms. The van der Waals surface area contributed by atoms with Crippen molar-refractivity contribution in [3.8, 4) is 11.8 Å². The third-order valence-corrected chi connectivity index (χ3v) is 7.57. The van der Waals surface area contributed by atoms with E-state index in [0.717, 1.165) is 17.1 Å². The van der Waals surface area contributed by atoms with E-state index in [-0.39, 0.29) is 23.4 Å². The number of aromatic nitrogens is 4. The number of aromatic amines is 1. The van der Waals surface area contributed by atoms with Crippen molar-refractivity contribution >= 4 is 33.4 Å². The van der Waals surface area contributed by atoms with Gasteiger partial charge in [0.25, 0.3) is 5.91 Å². The van der Waals surface area contributed by atoms with Gasteiger partial charge in [-0.2, -0.15) is 18.3 Å². The highest BCUT2D eigenvalue weighted by molar-refractivity contribution is 7.85. The maximum atomic E-state index is 13.9. The van der Waals surface area contributed by atoms with Crippen LogP contribution < -0.4 is 5.32 Å². The predicted octanol–water partition coefficient (Wildman–Crippen LogP) is 3.90. The highest BCUT2D eigenvalue weighted by atomic mass is 32.2. The number of carbonyl (C=O) groups is 1. The van der Waals surface area contributed by atoms with E-state index in [0.29, 0.717) is 41.4 Å². The van der Waals surface area contributed by atoms with Crippen molar-refractivity contribution < 1.29 is 22.2 Å². The molecule has 1 fully saturated rings. The van der Waals surface area contributed by atoms with Crippen molar-refractivity contribution in [2.75, 3.05) is 29.9 Å². The van der Waals surface area contributed by atoms with Crippen LogP contribution in [0.3, 0.4) is 0 Å². The fraction of sp³-hybridized carbons (Fsp3) is 0.259. The number of carbonyl (C=O) groups excluding carboxylic acids is 1. The topological polar surface area (TPSA) is 104 Å². The van der Waals surface area contributed by atoms with Crippen molar-refractivity contribution in [1.29, 1.82) is 0 Å². The first kappa shape index (κ1) is 26.5. The van der Waals surface area contributed by atoms with Crippen LogP contribution in [0.5, 0.6) is 0 Å². The summed E-state index contributed by atoms with van der Waals surface area (Å²) in [5.41, 5.74) is 2.02. The number of nitrogens with zero attached hydrogens (tertiary/aromatic N) is 4. The van der Waals surface area contributed by atoms with Gasteiger partial charge in [-0.25, -0.2) is 4.98 Å². The molecule has 0 unspecified atom stereocenters. The third kappa shape index (κ3) is 6.32. The van der Waals surface area contributed by atoms with Crippen molar-refractivity contribution in [3.63, 3.8) is 0 Å². The molecule has 0 aliphatic carbocycles. The second-order valence-corrected chi connectivity index (χ2v) is 10.8. The van der Waals surface area contributed by atoms with E-state index in [1.54, 1.807) is 6.20 Å². The van der Waals surface area contributed by atoms with Gasteiger partial charge < -0.3 is 5.32 Å². The Morgan fingerprint density at radius 1 is 1.10 bits per heavy atom. The Balaban J connectivity index is 1.32. The summed E-state index contributed by atoms with van der Waals surface area (Å²) in [5, 5.41) is 10.3. The lowest BCUT2D eigenvalue weighted by Crippen LogP contribution is -2.37. The van der Waals surface area contributed by atoms with Gasteiger partial charge in [-0.1, -0.05) is 17.9 Å². The number of H-pyrrole nitrogens is 1. The molecule has 0 spiro atoms. The number of anilines is 1. The Labute approximate surface area is 224 Å². The van der Waals surface area contributed by atoms with Gasteiger partial charge in [-0.15, -0.1) is 0 Å². The Hall–Kier alpha value is -4.08. The second kappa shape index (κ2) is 11.0. The molecule has 3 aromatic heterocycles. The molecule has 1 aliphatic rings. The number of fused-ring (bicyclic) bond motifs is 1. The number of rotatable bonds is 4. The minimum Gasteiger partial charge on any atom is -0.322 e. The average Bonchev–Trinajstić information content (AvgIpc) is 3.29. The summed E-state index contributed by atoms with van der Waals surface area (Å²) in [6, 6.07) is 7.13. The number of nitrogens with one attached hydrogen (secondary N) is 2. The van der Waals surface area contributed by atoms with E-state index < -0.39 is 28.4 Å². The highest BCUT2D eigenvalue weighted by Crippen LogP contribution is 2.34. The normalized spacial score (nSPS) is 14.7. The molecule has 12 heteroatoms. The summed E-state index contributed by atoms with van der Waals surface area (Å²) in [6.07, 6.45) is -0.194. The number of amides is 1. The van der Waals surface area contributed by atoms with Gasteiger partial charge >= 0.3 is 6.18 Å². The quantitative estimate of drug-likeness (QED) is 0.373. The van der Waals surface area contributed by atoms with Crippen LogP contribution in [0.4, 0.5) is 18.9 Å². The van der Waals surface area contributed by atoms with Crippen LogP contribution in [0.2, 0.25) is 0 Å². The van der Waals surface area contributed by atoms with Crippen LogP contribution in [0, 0.1) is 18.8 Å². The maximum absolute atomic E-state index is 13.9. The molecule has 0 saturated carbocycles. The molecule has 8 nitrogen and oxygen atoms in total. The Bertz CT molecular complexity index is 1630. The number of hydrogen-bond donors (Lipinski definition) is 2. The molecule has 0 radical (unpaired) electrons. The van der Waals surface area contributed by atoms with Crippen LogP contribution in [-0.4, -0.2) is 59.8 Å². The summed E-state index contributed by atoms with van der Waals surface area (Å²) in [5.74, 6) is 6.21. The first-order valence-corrected chi connectivity index (χ1v) is 13.5. The Kier molecular flexibility index (Phi) is 7.45. The molecule has 2 N–H and O–H groups in total.